The fourth-order valence-corrected chi connectivity index (χ4v) is 3.38. The van der Waals surface area contributed by atoms with Crippen molar-refractivity contribution in [3.63, 3.8) is 0 Å². The molecular formula is C19H16N2O4S. The maximum atomic E-state index is 12.2. The zero-order chi connectivity index (χ0) is 17.9. The molecule has 0 aromatic heterocycles. The van der Waals surface area contributed by atoms with Gasteiger partial charge in [-0.1, -0.05) is 6.07 Å². The molecule has 1 saturated heterocycles. The van der Waals surface area contributed by atoms with Gasteiger partial charge in [0, 0.05) is 0 Å². The van der Waals surface area contributed by atoms with Crippen molar-refractivity contribution in [2.24, 2.45) is 4.99 Å². The summed E-state index contributed by atoms with van der Waals surface area (Å²) < 4.78 is 16.1. The zero-order valence-corrected chi connectivity index (χ0v) is 14.8. The van der Waals surface area contributed by atoms with Crippen molar-refractivity contribution >= 4 is 34.6 Å². The van der Waals surface area contributed by atoms with Crippen molar-refractivity contribution in [2.45, 2.75) is 6.92 Å². The van der Waals surface area contributed by atoms with Crippen LogP contribution in [0.5, 0.6) is 17.2 Å². The number of nitrogens with one attached hydrogen (secondary N) is 1. The van der Waals surface area contributed by atoms with Crippen LogP contribution in [0.15, 0.2) is 52.4 Å². The highest BCUT2D eigenvalue weighted by Crippen LogP contribution is 2.34. The molecule has 0 spiro atoms. The number of hydrogen-bond donors (Lipinski definition) is 1. The number of benzene rings is 2. The number of aliphatic imine (C=N–C) groups is 1. The van der Waals surface area contributed by atoms with E-state index in [4.69, 9.17) is 14.2 Å². The second kappa shape index (κ2) is 7.13. The third kappa shape index (κ3) is 3.52. The highest BCUT2D eigenvalue weighted by atomic mass is 32.2. The topological polar surface area (TPSA) is 69.2 Å². The lowest BCUT2D eigenvalue weighted by Crippen LogP contribution is -2.19. The second-order valence-electron chi connectivity index (χ2n) is 5.52. The van der Waals surface area contributed by atoms with Crippen LogP contribution in [0.3, 0.4) is 0 Å². The maximum absolute atomic E-state index is 12.2. The standard InChI is InChI=1S/C19H16N2O4S/c1-2-23-14-6-4-13(5-7-14)20-19-21-18(22)17(26-19)10-12-3-8-15-16(9-12)25-11-24-15/h3-10H,2,11H2,1H3,(H,20,21,22)/b17-10+. The fraction of sp³-hybridized carbons (Fsp3) is 0.158. The Bertz CT molecular complexity index is 906. The van der Waals surface area contributed by atoms with Crippen LogP contribution in [0.2, 0.25) is 0 Å². The Morgan fingerprint density at radius 3 is 2.81 bits per heavy atom. The van der Waals surface area contributed by atoms with Crippen molar-refractivity contribution < 1.29 is 19.0 Å². The molecular weight excluding hydrogens is 352 g/mol. The van der Waals surface area contributed by atoms with Crippen molar-refractivity contribution in [1.82, 2.24) is 5.32 Å². The van der Waals surface area contributed by atoms with E-state index < -0.39 is 0 Å². The molecule has 4 rings (SSSR count). The Hall–Kier alpha value is -2.93. The minimum atomic E-state index is -0.169. The minimum absolute atomic E-state index is 0.169. The molecule has 2 aliphatic heterocycles. The molecule has 0 radical (unpaired) electrons. The summed E-state index contributed by atoms with van der Waals surface area (Å²) in [5.74, 6) is 2.03. The summed E-state index contributed by atoms with van der Waals surface area (Å²) in [7, 11) is 0. The number of amidine groups is 1. The first-order valence-electron chi connectivity index (χ1n) is 8.13. The molecule has 2 aromatic rings. The summed E-state index contributed by atoms with van der Waals surface area (Å²) in [6.07, 6.45) is 1.81. The third-order valence-electron chi connectivity index (χ3n) is 3.72. The third-order valence-corrected chi connectivity index (χ3v) is 4.63. The molecule has 2 heterocycles. The van der Waals surface area contributed by atoms with Crippen molar-refractivity contribution in [3.8, 4) is 17.2 Å². The fourth-order valence-electron chi connectivity index (χ4n) is 2.54. The van der Waals surface area contributed by atoms with Crippen molar-refractivity contribution in [3.05, 3.63) is 52.9 Å². The molecule has 7 heteroatoms. The summed E-state index contributed by atoms with van der Waals surface area (Å²) >= 11 is 1.30. The van der Waals surface area contributed by atoms with Gasteiger partial charge in [0.2, 0.25) is 6.79 Å². The number of fused-ring (bicyclic) bond motifs is 1. The highest BCUT2D eigenvalue weighted by Gasteiger charge is 2.24. The summed E-state index contributed by atoms with van der Waals surface area (Å²) in [6, 6.07) is 13.0. The van der Waals surface area contributed by atoms with Gasteiger partial charge in [-0.2, -0.15) is 0 Å². The van der Waals surface area contributed by atoms with Gasteiger partial charge in [-0.05, 0) is 66.7 Å². The molecule has 0 bridgehead atoms. The van der Waals surface area contributed by atoms with E-state index in [1.54, 1.807) is 0 Å². The Labute approximate surface area is 154 Å². The molecule has 26 heavy (non-hydrogen) atoms. The largest absolute Gasteiger partial charge is 0.494 e. The first kappa shape index (κ1) is 16.5. The average molecular weight is 368 g/mol. The number of thioether (sulfide) groups is 1. The van der Waals surface area contributed by atoms with Gasteiger partial charge >= 0.3 is 0 Å². The number of rotatable bonds is 4. The second-order valence-corrected chi connectivity index (χ2v) is 6.55. The van der Waals surface area contributed by atoms with Crippen molar-refractivity contribution in [2.75, 3.05) is 13.4 Å². The summed E-state index contributed by atoms with van der Waals surface area (Å²) in [5, 5.41) is 3.33. The van der Waals surface area contributed by atoms with E-state index in [1.165, 1.54) is 11.8 Å². The van der Waals surface area contributed by atoms with Crippen LogP contribution < -0.4 is 19.5 Å². The summed E-state index contributed by atoms with van der Waals surface area (Å²) in [4.78, 5) is 17.2. The molecule has 132 valence electrons. The summed E-state index contributed by atoms with van der Waals surface area (Å²) in [6.45, 7) is 2.78. The molecule has 0 saturated carbocycles. The smallest absolute Gasteiger partial charge is 0.264 e. The first-order chi connectivity index (χ1) is 12.7. The van der Waals surface area contributed by atoms with Crippen LogP contribution in [-0.4, -0.2) is 24.5 Å². The van der Waals surface area contributed by atoms with E-state index in [9.17, 15) is 4.79 Å². The number of nitrogens with zero attached hydrogens (tertiary/aromatic N) is 1. The number of amides is 1. The molecule has 1 N–H and O–H groups in total. The predicted molar refractivity (Wildman–Crippen MR) is 101 cm³/mol. The van der Waals surface area contributed by atoms with Gasteiger partial charge in [0.1, 0.15) is 5.75 Å². The van der Waals surface area contributed by atoms with E-state index in [0.29, 0.717) is 28.2 Å². The Morgan fingerprint density at radius 1 is 1.19 bits per heavy atom. The van der Waals surface area contributed by atoms with Gasteiger partial charge in [-0.15, -0.1) is 0 Å². The zero-order valence-electron chi connectivity index (χ0n) is 14.0. The van der Waals surface area contributed by atoms with E-state index in [0.717, 1.165) is 17.0 Å². The van der Waals surface area contributed by atoms with Crippen LogP contribution in [-0.2, 0) is 4.79 Å². The maximum Gasteiger partial charge on any atom is 0.264 e. The van der Waals surface area contributed by atoms with Gasteiger partial charge in [0.25, 0.3) is 5.91 Å². The number of carbonyl (C=O) groups is 1. The van der Waals surface area contributed by atoms with Gasteiger partial charge in [-0.3, -0.25) is 4.79 Å². The number of hydrogen-bond acceptors (Lipinski definition) is 6. The van der Waals surface area contributed by atoms with Crippen molar-refractivity contribution in [1.29, 1.82) is 0 Å². The van der Waals surface area contributed by atoms with Crippen LogP contribution in [0, 0.1) is 0 Å². The minimum Gasteiger partial charge on any atom is -0.494 e. The molecule has 2 aromatic carbocycles. The Kier molecular flexibility index (Phi) is 4.53. The van der Waals surface area contributed by atoms with E-state index in [1.807, 2.05) is 55.5 Å². The Morgan fingerprint density at radius 2 is 2.00 bits per heavy atom. The molecule has 1 fully saturated rings. The molecule has 0 aliphatic carbocycles. The van der Waals surface area contributed by atoms with E-state index >= 15 is 0 Å². The SMILES string of the molecule is CCOc1ccc(N=C2NC(=O)/C(=C\c3ccc4c(c3)OCO4)S2)cc1. The van der Waals surface area contributed by atoms with Gasteiger partial charge in [-0.25, -0.2) is 4.99 Å². The van der Waals surface area contributed by atoms with Crippen LogP contribution in [0.4, 0.5) is 5.69 Å². The normalized spacial score (nSPS) is 18.4. The summed E-state index contributed by atoms with van der Waals surface area (Å²) in [5.41, 5.74) is 1.62. The first-order valence-corrected chi connectivity index (χ1v) is 8.95. The van der Waals surface area contributed by atoms with Crippen LogP contribution in [0.25, 0.3) is 6.08 Å². The average Bonchev–Trinajstić information content (AvgIpc) is 3.23. The molecule has 1 amide bonds. The lowest BCUT2D eigenvalue weighted by Gasteiger charge is -2.02. The quantitative estimate of drug-likeness (QED) is 0.834. The van der Waals surface area contributed by atoms with Gasteiger partial charge in [0.05, 0.1) is 17.2 Å². The predicted octanol–water partition coefficient (Wildman–Crippen LogP) is 3.71. The van der Waals surface area contributed by atoms with Gasteiger partial charge < -0.3 is 19.5 Å². The van der Waals surface area contributed by atoms with Crippen LogP contribution >= 0.6 is 11.8 Å². The number of carbonyl (C=O) groups excluding carboxylic acids is 1. The van der Waals surface area contributed by atoms with E-state index in [-0.39, 0.29) is 12.7 Å². The Balaban J connectivity index is 1.51. The molecule has 0 unspecified atom stereocenters. The number of ether oxygens (including phenoxy) is 3. The van der Waals surface area contributed by atoms with Crippen LogP contribution in [0.1, 0.15) is 12.5 Å². The molecule has 6 nitrogen and oxygen atoms in total. The molecule has 0 atom stereocenters. The van der Waals surface area contributed by atoms with E-state index in [2.05, 4.69) is 10.3 Å². The molecule has 2 aliphatic rings. The monoisotopic (exact) mass is 368 g/mol. The highest BCUT2D eigenvalue weighted by molar-refractivity contribution is 8.18. The van der Waals surface area contributed by atoms with Gasteiger partial charge in [0.15, 0.2) is 16.7 Å². The lowest BCUT2D eigenvalue weighted by molar-refractivity contribution is -0.115. The lowest BCUT2D eigenvalue weighted by atomic mass is 10.2.